The SMILES string of the molecule is CC(C)(C)C(=O)/C=C(\O)C(C)(C)C.Cc1[c-]c(-c2nccc3c2c(F)cc2cc(CC(F)(F)F)ccc23)cc(C)c1.[Ir]. The molecule has 0 bridgehead atoms. The Balaban J connectivity index is 0.000000377. The number of aromatic nitrogens is 1. The summed E-state index contributed by atoms with van der Waals surface area (Å²) in [5.41, 5.74) is 2.45. The maximum absolute atomic E-state index is 15.1. The van der Waals surface area contributed by atoms with Crippen molar-refractivity contribution in [1.82, 2.24) is 4.98 Å². The fourth-order valence-electron chi connectivity index (χ4n) is 4.24. The van der Waals surface area contributed by atoms with Crippen molar-refractivity contribution in [2.24, 2.45) is 10.8 Å². The maximum atomic E-state index is 15.1. The fourth-order valence-corrected chi connectivity index (χ4v) is 4.24. The average Bonchev–Trinajstić information content (AvgIpc) is 2.81. The number of pyridine rings is 1. The Morgan fingerprint density at radius 1 is 0.929 bits per heavy atom. The van der Waals surface area contributed by atoms with Crippen LogP contribution in [0.3, 0.4) is 0 Å². The summed E-state index contributed by atoms with van der Waals surface area (Å²) in [4.78, 5) is 15.9. The molecule has 1 aromatic heterocycles. The van der Waals surface area contributed by atoms with Gasteiger partial charge in [-0.1, -0.05) is 73.6 Å². The van der Waals surface area contributed by atoms with Gasteiger partial charge in [0.15, 0.2) is 5.78 Å². The van der Waals surface area contributed by atoms with E-state index in [0.29, 0.717) is 32.8 Å². The Kier molecular flexibility index (Phi) is 10.9. The van der Waals surface area contributed by atoms with Crippen LogP contribution in [0.5, 0.6) is 0 Å². The number of carbonyl (C=O) groups is 1. The number of carbonyl (C=O) groups excluding carboxylic acids is 1. The van der Waals surface area contributed by atoms with E-state index in [0.717, 1.165) is 11.1 Å². The summed E-state index contributed by atoms with van der Waals surface area (Å²) in [6.45, 7) is 15.0. The van der Waals surface area contributed by atoms with Gasteiger partial charge in [0.05, 0.1) is 6.42 Å². The van der Waals surface area contributed by atoms with Gasteiger partial charge in [0, 0.05) is 48.6 Å². The van der Waals surface area contributed by atoms with E-state index in [1.54, 1.807) is 18.3 Å². The van der Waals surface area contributed by atoms with Crippen LogP contribution in [-0.4, -0.2) is 22.1 Å². The van der Waals surface area contributed by atoms with Gasteiger partial charge in [0.25, 0.3) is 0 Å². The Morgan fingerprint density at radius 3 is 2.12 bits per heavy atom. The van der Waals surface area contributed by atoms with Crippen LogP contribution in [0.4, 0.5) is 17.6 Å². The molecule has 0 atom stereocenters. The van der Waals surface area contributed by atoms with Gasteiger partial charge in [0.1, 0.15) is 11.6 Å². The van der Waals surface area contributed by atoms with Crippen molar-refractivity contribution < 1.29 is 47.6 Å². The molecule has 0 spiro atoms. The third-order valence-electron chi connectivity index (χ3n) is 6.46. The maximum Gasteiger partial charge on any atom is 0.393 e. The van der Waals surface area contributed by atoms with Crippen LogP contribution in [0.15, 0.2) is 60.5 Å². The summed E-state index contributed by atoms with van der Waals surface area (Å²) in [6.07, 6.45) is -2.42. The van der Waals surface area contributed by atoms with Crippen molar-refractivity contribution in [3.05, 3.63) is 89.1 Å². The third kappa shape index (κ3) is 8.95. The van der Waals surface area contributed by atoms with Gasteiger partial charge in [-0.15, -0.1) is 34.9 Å². The van der Waals surface area contributed by atoms with Gasteiger partial charge in [-0.05, 0) is 39.5 Å². The topological polar surface area (TPSA) is 50.2 Å². The number of aliphatic hydroxyl groups is 1. The number of aryl methyl sites for hydroxylation is 2. The third-order valence-corrected chi connectivity index (χ3v) is 6.46. The van der Waals surface area contributed by atoms with Crippen LogP contribution in [0.1, 0.15) is 58.2 Å². The van der Waals surface area contributed by atoms with Crippen molar-refractivity contribution in [2.45, 2.75) is 68.0 Å². The first-order chi connectivity index (χ1) is 18.8. The van der Waals surface area contributed by atoms with Crippen LogP contribution in [0.25, 0.3) is 32.8 Å². The van der Waals surface area contributed by atoms with Gasteiger partial charge in [-0.3, -0.25) is 4.79 Å². The number of rotatable bonds is 3. The minimum atomic E-state index is -4.31. The molecule has 0 aliphatic heterocycles. The minimum absolute atomic E-state index is 0. The van der Waals surface area contributed by atoms with Crippen molar-refractivity contribution >= 4 is 27.3 Å². The summed E-state index contributed by atoms with van der Waals surface area (Å²) < 4.78 is 53.1. The molecule has 42 heavy (non-hydrogen) atoms. The number of fused-ring (bicyclic) bond motifs is 3. The van der Waals surface area contributed by atoms with Crippen LogP contribution in [0, 0.1) is 36.6 Å². The molecule has 0 saturated heterocycles. The zero-order valence-corrected chi connectivity index (χ0v) is 27.4. The predicted octanol–water partition coefficient (Wildman–Crippen LogP) is 9.80. The smallest absolute Gasteiger partial charge is 0.393 e. The Labute approximate surface area is 258 Å². The van der Waals surface area contributed by atoms with E-state index < -0.39 is 23.8 Å². The summed E-state index contributed by atoms with van der Waals surface area (Å²) in [5, 5.41) is 11.7. The van der Waals surface area contributed by atoms with E-state index in [1.165, 1.54) is 24.3 Å². The number of halogens is 4. The second kappa shape index (κ2) is 13.0. The van der Waals surface area contributed by atoms with E-state index in [1.807, 2.05) is 67.5 Å². The van der Waals surface area contributed by atoms with Gasteiger partial charge < -0.3 is 10.1 Å². The van der Waals surface area contributed by atoms with E-state index in [-0.39, 0.29) is 42.6 Å². The molecule has 8 heteroatoms. The molecule has 4 rings (SSSR count). The van der Waals surface area contributed by atoms with Crippen LogP contribution < -0.4 is 0 Å². The number of ketones is 1. The van der Waals surface area contributed by atoms with Gasteiger partial charge in [-0.25, -0.2) is 4.39 Å². The number of alkyl halides is 3. The first-order valence-electron chi connectivity index (χ1n) is 13.3. The number of hydrogen-bond donors (Lipinski definition) is 1. The second-order valence-corrected chi connectivity index (χ2v) is 12.4. The van der Waals surface area contributed by atoms with Gasteiger partial charge in [0.2, 0.25) is 0 Å². The molecule has 0 aliphatic carbocycles. The quantitative estimate of drug-likeness (QED) is 0.0745. The number of hydrogen-bond acceptors (Lipinski definition) is 3. The fraction of sp³-hybridized carbons (Fsp3) is 0.353. The molecule has 4 aromatic rings. The minimum Gasteiger partial charge on any atom is -0.512 e. The van der Waals surface area contributed by atoms with Crippen molar-refractivity contribution in [2.75, 3.05) is 0 Å². The molecule has 3 aromatic carbocycles. The molecule has 1 N–H and O–H groups in total. The van der Waals surface area contributed by atoms with Crippen LogP contribution in [0.2, 0.25) is 0 Å². The van der Waals surface area contributed by atoms with Crippen molar-refractivity contribution in [3.63, 3.8) is 0 Å². The zero-order chi connectivity index (χ0) is 30.9. The molecule has 0 aliphatic rings. The molecule has 0 saturated carbocycles. The van der Waals surface area contributed by atoms with E-state index in [9.17, 15) is 23.1 Å². The van der Waals surface area contributed by atoms with Crippen LogP contribution >= 0.6 is 0 Å². The first kappa shape index (κ1) is 35.1. The average molecular weight is 759 g/mol. The predicted molar refractivity (Wildman–Crippen MR) is 157 cm³/mol. The van der Waals surface area contributed by atoms with E-state index in [4.69, 9.17) is 0 Å². The monoisotopic (exact) mass is 759 g/mol. The molecular formula is C34H36F4IrNO2-. The Hall–Kier alpha value is -3.09. The number of allylic oxidation sites excluding steroid dienone is 2. The Bertz CT molecular complexity index is 1610. The van der Waals surface area contributed by atoms with Crippen molar-refractivity contribution in [1.29, 1.82) is 0 Å². The molecule has 0 amide bonds. The molecule has 3 nitrogen and oxygen atoms in total. The summed E-state index contributed by atoms with van der Waals surface area (Å²) in [6, 6.07) is 14.5. The number of benzene rings is 3. The van der Waals surface area contributed by atoms with E-state index >= 15 is 4.39 Å². The molecule has 0 unspecified atom stereocenters. The van der Waals surface area contributed by atoms with Gasteiger partial charge in [-0.2, -0.15) is 13.2 Å². The summed E-state index contributed by atoms with van der Waals surface area (Å²) in [5.74, 6) is -0.408. The summed E-state index contributed by atoms with van der Waals surface area (Å²) >= 11 is 0. The van der Waals surface area contributed by atoms with Gasteiger partial charge >= 0.3 is 6.18 Å². The molecule has 1 radical (unpaired) electrons. The number of nitrogens with zero attached hydrogens (tertiary/aromatic N) is 1. The molecule has 227 valence electrons. The summed E-state index contributed by atoms with van der Waals surface area (Å²) in [7, 11) is 0. The van der Waals surface area contributed by atoms with E-state index in [2.05, 4.69) is 11.1 Å². The zero-order valence-electron chi connectivity index (χ0n) is 25.1. The number of aliphatic hydroxyl groups excluding tert-OH is 1. The standard InChI is InChI=1S/C23H16F4N.C11H20O2.Ir/c1-13-7-14(2)9-17(8-13)22-21-19(5-6-28-22)18-4-3-15(12-23(25,26)27)10-16(18)11-20(21)24;1-10(2,3)8(12)7-9(13)11(4,5)6;/h3-8,10-11H,12H2,1-2H3;7,12H,1-6H3;/q-1;;/b;8-7-;. The second-order valence-electron chi connectivity index (χ2n) is 12.4. The largest absolute Gasteiger partial charge is 0.512 e. The first-order valence-corrected chi connectivity index (χ1v) is 13.3. The Morgan fingerprint density at radius 2 is 1.57 bits per heavy atom. The molecule has 1 heterocycles. The molecular weight excluding hydrogens is 723 g/mol. The van der Waals surface area contributed by atoms with Crippen LogP contribution in [-0.2, 0) is 31.3 Å². The normalized spacial score (nSPS) is 12.5. The van der Waals surface area contributed by atoms with Crippen molar-refractivity contribution in [3.8, 4) is 11.3 Å². The molecule has 0 fully saturated rings.